The van der Waals surface area contributed by atoms with Crippen LogP contribution in [0.3, 0.4) is 0 Å². The number of nitrogens with two attached hydrogens (primary N) is 1. The molecule has 5 rings (SSSR count). The third kappa shape index (κ3) is 1.73. The number of rotatable bonds is 1. The van der Waals surface area contributed by atoms with E-state index in [4.69, 9.17) is 5.73 Å². The van der Waals surface area contributed by atoms with Gasteiger partial charge in [0.25, 0.3) is 0 Å². The first-order valence-electron chi connectivity index (χ1n) is 8.19. The van der Waals surface area contributed by atoms with Crippen molar-refractivity contribution in [3.05, 3.63) is 47.2 Å². The van der Waals surface area contributed by atoms with Crippen LogP contribution in [0.4, 0.5) is 14.9 Å². The van der Waals surface area contributed by atoms with E-state index in [1.807, 2.05) is 34.9 Å². The number of amides is 2. The maximum Gasteiger partial charge on any atom is 0.316 e. The Morgan fingerprint density at radius 2 is 2.12 bits per heavy atom. The maximum atomic E-state index is 14.5. The Labute approximate surface area is 147 Å². The van der Waals surface area contributed by atoms with Crippen LogP contribution in [0.25, 0.3) is 27.8 Å². The maximum absolute atomic E-state index is 14.5. The lowest BCUT2D eigenvalue weighted by Gasteiger charge is -2.24. The van der Waals surface area contributed by atoms with Crippen molar-refractivity contribution >= 4 is 28.4 Å². The number of pyridine rings is 1. The van der Waals surface area contributed by atoms with Crippen molar-refractivity contribution in [2.75, 3.05) is 5.32 Å². The highest BCUT2D eigenvalue weighted by atomic mass is 19.1. The van der Waals surface area contributed by atoms with E-state index in [-0.39, 0.29) is 5.82 Å². The quantitative estimate of drug-likeness (QED) is 0.487. The van der Waals surface area contributed by atoms with Gasteiger partial charge in [0.1, 0.15) is 11.6 Å². The molecule has 0 aliphatic carbocycles. The van der Waals surface area contributed by atoms with Gasteiger partial charge in [-0.2, -0.15) is 0 Å². The SMILES string of the molecule is Cc1cc2c3c(c(NC(N)=O)c4nnc(C)n42)-c2cccc(F)c2Cn13. The smallest absolute Gasteiger partial charge is 0.316 e. The number of nitrogens with one attached hydrogen (secondary N) is 1. The standard InChI is InChI=1S/C18H15FN6O/c1-8-6-13-16-14(10-4-3-5-12(19)11(10)7-24(8)16)15(21-18(20)26)17-23-22-9(2)25(13)17/h3-6H,7H2,1-2H3,(H3,20,21,26). The van der Waals surface area contributed by atoms with Crippen molar-refractivity contribution in [1.29, 1.82) is 0 Å². The summed E-state index contributed by atoms with van der Waals surface area (Å²) in [6.45, 7) is 4.24. The zero-order valence-electron chi connectivity index (χ0n) is 14.2. The number of carbonyl (C=O) groups excluding carboxylic acids is 1. The lowest BCUT2D eigenvalue weighted by atomic mass is 9.94. The molecule has 7 nitrogen and oxygen atoms in total. The summed E-state index contributed by atoms with van der Waals surface area (Å²) in [5.41, 5.74) is 11.2. The Balaban J connectivity index is 2.07. The number of nitrogens with zero attached hydrogens (tertiary/aromatic N) is 4. The van der Waals surface area contributed by atoms with Crippen molar-refractivity contribution in [3.63, 3.8) is 0 Å². The van der Waals surface area contributed by atoms with Crippen molar-refractivity contribution in [2.45, 2.75) is 20.4 Å². The van der Waals surface area contributed by atoms with Gasteiger partial charge in [0.15, 0.2) is 5.65 Å². The summed E-state index contributed by atoms with van der Waals surface area (Å²) < 4.78 is 18.5. The van der Waals surface area contributed by atoms with Gasteiger partial charge in [-0.1, -0.05) is 12.1 Å². The summed E-state index contributed by atoms with van der Waals surface area (Å²) >= 11 is 0. The topological polar surface area (TPSA) is 90.2 Å². The molecule has 0 unspecified atom stereocenters. The van der Waals surface area contributed by atoms with Crippen LogP contribution in [0.2, 0.25) is 0 Å². The number of carbonyl (C=O) groups is 1. The Hall–Kier alpha value is -3.42. The summed E-state index contributed by atoms with van der Waals surface area (Å²) in [5, 5.41) is 11.1. The molecule has 1 aromatic carbocycles. The fourth-order valence-corrected chi connectivity index (χ4v) is 3.95. The minimum absolute atomic E-state index is 0.281. The van der Waals surface area contributed by atoms with Gasteiger partial charge in [0.2, 0.25) is 0 Å². The Morgan fingerprint density at radius 3 is 2.88 bits per heavy atom. The lowest BCUT2D eigenvalue weighted by molar-refractivity contribution is 0.259. The van der Waals surface area contributed by atoms with Crippen LogP contribution in [0.15, 0.2) is 24.3 Å². The van der Waals surface area contributed by atoms with Gasteiger partial charge in [-0.3, -0.25) is 4.40 Å². The van der Waals surface area contributed by atoms with Gasteiger partial charge < -0.3 is 15.6 Å². The molecular formula is C18H15FN6O. The van der Waals surface area contributed by atoms with Crippen LogP contribution < -0.4 is 11.1 Å². The molecule has 4 aromatic rings. The second-order valence-electron chi connectivity index (χ2n) is 6.52. The summed E-state index contributed by atoms with van der Waals surface area (Å²) in [7, 11) is 0. The number of halogens is 1. The minimum Gasteiger partial charge on any atom is -0.351 e. The van der Waals surface area contributed by atoms with Crippen molar-refractivity contribution in [2.24, 2.45) is 5.73 Å². The average molecular weight is 350 g/mol. The van der Waals surface area contributed by atoms with E-state index in [0.29, 0.717) is 34.8 Å². The van der Waals surface area contributed by atoms with Crippen molar-refractivity contribution < 1.29 is 9.18 Å². The monoisotopic (exact) mass is 350 g/mol. The van der Waals surface area contributed by atoms with Gasteiger partial charge in [-0.25, -0.2) is 9.18 Å². The van der Waals surface area contributed by atoms with Crippen LogP contribution in [-0.2, 0) is 6.54 Å². The van der Waals surface area contributed by atoms with E-state index in [1.54, 1.807) is 6.07 Å². The molecule has 1 aliphatic heterocycles. The molecule has 130 valence electrons. The first-order chi connectivity index (χ1) is 12.5. The number of fused-ring (bicyclic) bond motifs is 4. The van der Waals surface area contributed by atoms with Crippen LogP contribution in [0.1, 0.15) is 17.1 Å². The van der Waals surface area contributed by atoms with Crippen molar-refractivity contribution in [1.82, 2.24) is 19.2 Å². The third-order valence-corrected chi connectivity index (χ3v) is 5.01. The van der Waals surface area contributed by atoms with Gasteiger partial charge >= 0.3 is 6.03 Å². The first-order valence-corrected chi connectivity index (χ1v) is 8.19. The number of hydrogen-bond donors (Lipinski definition) is 2. The largest absolute Gasteiger partial charge is 0.351 e. The zero-order valence-corrected chi connectivity index (χ0v) is 14.2. The third-order valence-electron chi connectivity index (χ3n) is 5.01. The van der Waals surface area contributed by atoms with Crippen LogP contribution in [0, 0.1) is 19.7 Å². The van der Waals surface area contributed by atoms with Gasteiger partial charge in [0, 0.05) is 16.8 Å². The summed E-state index contributed by atoms with van der Waals surface area (Å²) in [4.78, 5) is 11.7. The highest BCUT2D eigenvalue weighted by Crippen LogP contribution is 2.44. The van der Waals surface area contributed by atoms with E-state index in [2.05, 4.69) is 15.5 Å². The summed E-state index contributed by atoms with van der Waals surface area (Å²) in [5.74, 6) is 0.415. The first kappa shape index (κ1) is 14.9. The Kier molecular flexibility index (Phi) is 2.75. The molecule has 4 heterocycles. The highest BCUT2D eigenvalue weighted by Gasteiger charge is 2.29. The van der Waals surface area contributed by atoms with E-state index < -0.39 is 6.03 Å². The molecule has 3 aromatic heterocycles. The normalized spacial score (nSPS) is 12.6. The molecule has 0 fully saturated rings. The molecule has 8 heteroatoms. The van der Waals surface area contributed by atoms with Crippen LogP contribution in [-0.4, -0.2) is 25.2 Å². The predicted molar refractivity (Wildman–Crippen MR) is 95.7 cm³/mol. The van der Waals surface area contributed by atoms with E-state index in [1.165, 1.54) is 6.07 Å². The molecule has 0 saturated heterocycles. The van der Waals surface area contributed by atoms with E-state index in [9.17, 15) is 9.18 Å². The molecule has 0 spiro atoms. The summed E-state index contributed by atoms with van der Waals surface area (Å²) in [6, 6.07) is 6.28. The molecule has 2 amide bonds. The Morgan fingerprint density at radius 1 is 1.31 bits per heavy atom. The fourth-order valence-electron chi connectivity index (χ4n) is 3.95. The molecule has 0 bridgehead atoms. The number of hydrogen-bond acceptors (Lipinski definition) is 3. The number of aryl methyl sites for hydroxylation is 2. The number of urea groups is 1. The van der Waals surface area contributed by atoms with E-state index >= 15 is 0 Å². The number of benzene rings is 1. The molecule has 0 radical (unpaired) electrons. The average Bonchev–Trinajstić information content (AvgIpc) is 3.12. The van der Waals surface area contributed by atoms with Gasteiger partial charge in [0.05, 0.1) is 23.3 Å². The molecule has 3 N–H and O–H groups in total. The molecular weight excluding hydrogens is 335 g/mol. The van der Waals surface area contributed by atoms with Crippen LogP contribution in [0.5, 0.6) is 0 Å². The zero-order chi connectivity index (χ0) is 18.2. The molecule has 1 aliphatic rings. The predicted octanol–water partition coefficient (Wildman–Crippen LogP) is 2.96. The number of aromatic nitrogens is 4. The van der Waals surface area contributed by atoms with Gasteiger partial charge in [-0.05, 0) is 31.5 Å². The number of anilines is 1. The fraction of sp³-hybridized carbons (Fsp3) is 0.167. The highest BCUT2D eigenvalue weighted by molar-refractivity contribution is 6.10. The van der Waals surface area contributed by atoms with E-state index in [0.717, 1.165) is 22.3 Å². The Bertz CT molecular complexity index is 1250. The molecule has 26 heavy (non-hydrogen) atoms. The number of primary amides is 1. The molecule has 0 atom stereocenters. The summed E-state index contributed by atoms with van der Waals surface area (Å²) in [6.07, 6.45) is 0. The lowest BCUT2D eigenvalue weighted by Crippen LogP contribution is -2.22. The van der Waals surface area contributed by atoms with Gasteiger partial charge in [-0.15, -0.1) is 10.2 Å². The molecule has 0 saturated carbocycles. The minimum atomic E-state index is -0.707. The second-order valence-corrected chi connectivity index (χ2v) is 6.52. The van der Waals surface area contributed by atoms with Crippen molar-refractivity contribution in [3.8, 4) is 11.1 Å². The second kappa shape index (κ2) is 4.81. The van der Waals surface area contributed by atoms with Crippen LogP contribution >= 0.6 is 0 Å².